The molecule has 2 aliphatic rings. The number of carbonyl (C=O) groups is 2. The molecule has 5 heteroatoms. The number of fused-ring (bicyclic) bond motifs is 1. The van der Waals surface area contributed by atoms with Crippen LogP contribution in [0.3, 0.4) is 0 Å². The molecule has 15 heavy (non-hydrogen) atoms. The molecule has 2 fully saturated rings. The minimum atomic E-state index is -0.109. The van der Waals surface area contributed by atoms with E-state index in [1.807, 2.05) is 0 Å². The van der Waals surface area contributed by atoms with Crippen molar-refractivity contribution in [1.29, 1.82) is 0 Å². The van der Waals surface area contributed by atoms with Gasteiger partial charge in [0.1, 0.15) is 0 Å². The van der Waals surface area contributed by atoms with E-state index in [1.54, 1.807) is 0 Å². The first-order chi connectivity index (χ1) is 7.00. The van der Waals surface area contributed by atoms with E-state index in [9.17, 15) is 9.59 Å². The van der Waals surface area contributed by atoms with Crippen LogP contribution in [0.5, 0.6) is 0 Å². The van der Waals surface area contributed by atoms with Gasteiger partial charge in [-0.2, -0.15) is 0 Å². The van der Waals surface area contributed by atoms with Crippen LogP contribution in [0.2, 0.25) is 0 Å². The summed E-state index contributed by atoms with van der Waals surface area (Å²) in [6, 6.07) is 0. The lowest BCUT2D eigenvalue weighted by atomic mass is 10.00. The van der Waals surface area contributed by atoms with Crippen molar-refractivity contribution in [3.05, 3.63) is 0 Å². The Labute approximate surface area is 93.8 Å². The van der Waals surface area contributed by atoms with Gasteiger partial charge in [-0.3, -0.25) is 14.5 Å². The highest BCUT2D eigenvalue weighted by atomic mass is 32.1. The molecule has 0 radical (unpaired) electrons. The Morgan fingerprint density at radius 1 is 1.40 bits per heavy atom. The predicted octanol–water partition coefficient (Wildman–Crippen LogP) is 0.304. The molecule has 1 saturated carbocycles. The van der Waals surface area contributed by atoms with E-state index in [0.29, 0.717) is 5.92 Å². The van der Waals surface area contributed by atoms with Crippen LogP contribution in [-0.2, 0) is 9.59 Å². The average molecular weight is 226 g/mol. The summed E-state index contributed by atoms with van der Waals surface area (Å²) >= 11 is 4.72. The van der Waals surface area contributed by atoms with Gasteiger partial charge in [-0.05, 0) is 18.8 Å². The molecule has 1 saturated heterocycles. The summed E-state index contributed by atoms with van der Waals surface area (Å²) in [4.78, 5) is 25.2. The first-order valence-corrected chi connectivity index (χ1v) is 5.55. The van der Waals surface area contributed by atoms with Crippen LogP contribution in [-0.4, -0.2) is 28.2 Å². The van der Waals surface area contributed by atoms with E-state index in [-0.39, 0.29) is 35.2 Å². The molecule has 2 atom stereocenters. The van der Waals surface area contributed by atoms with E-state index in [0.717, 1.165) is 12.8 Å². The number of nitrogens with two attached hydrogens (primary N) is 1. The normalized spacial score (nSPS) is 34.7. The molecule has 0 aromatic rings. The minimum absolute atomic E-state index is 0.0813. The second-order valence-corrected chi connectivity index (χ2v) is 5.04. The Hall–Kier alpha value is -0.970. The second kappa shape index (κ2) is 3.56. The fourth-order valence-electron chi connectivity index (χ4n) is 2.66. The number of nitrogens with zero attached hydrogens (tertiary/aromatic N) is 1. The zero-order valence-corrected chi connectivity index (χ0v) is 9.42. The van der Waals surface area contributed by atoms with Gasteiger partial charge in [0.15, 0.2) is 0 Å². The molecule has 0 spiro atoms. The van der Waals surface area contributed by atoms with Crippen molar-refractivity contribution >= 4 is 29.0 Å². The van der Waals surface area contributed by atoms with Gasteiger partial charge in [-0.15, -0.1) is 0 Å². The number of likely N-dealkylation sites (tertiary alicyclic amines) is 1. The van der Waals surface area contributed by atoms with Gasteiger partial charge in [-0.25, -0.2) is 0 Å². The number of hydrogen-bond donors (Lipinski definition) is 1. The molecule has 0 bridgehead atoms. The largest absolute Gasteiger partial charge is 0.392 e. The van der Waals surface area contributed by atoms with Crippen LogP contribution in [0.25, 0.3) is 0 Å². The molecule has 1 heterocycles. The Kier molecular flexibility index (Phi) is 2.50. The molecule has 0 aromatic heterocycles. The Morgan fingerprint density at radius 2 is 1.87 bits per heavy atom. The lowest BCUT2D eigenvalue weighted by molar-refractivity contribution is -0.139. The van der Waals surface area contributed by atoms with Gasteiger partial charge >= 0.3 is 0 Å². The lowest BCUT2D eigenvalue weighted by Gasteiger charge is -2.15. The minimum Gasteiger partial charge on any atom is -0.392 e. The third-order valence-electron chi connectivity index (χ3n) is 3.28. The van der Waals surface area contributed by atoms with Crippen molar-refractivity contribution in [3.63, 3.8) is 0 Å². The van der Waals surface area contributed by atoms with Gasteiger partial charge in [0.25, 0.3) is 0 Å². The summed E-state index contributed by atoms with van der Waals surface area (Å²) in [5.41, 5.74) is 5.36. The smallest absolute Gasteiger partial charge is 0.233 e. The SMILES string of the molecule is CC1CC2C(=O)N(CC(N)=S)C(=O)C2C1. The number of rotatable bonds is 2. The molecule has 1 aliphatic heterocycles. The van der Waals surface area contributed by atoms with Crippen molar-refractivity contribution in [2.75, 3.05) is 6.54 Å². The van der Waals surface area contributed by atoms with Crippen molar-refractivity contribution < 1.29 is 9.59 Å². The number of thiocarbonyl (C=S) groups is 1. The summed E-state index contributed by atoms with van der Waals surface area (Å²) in [7, 11) is 0. The molecular weight excluding hydrogens is 212 g/mol. The van der Waals surface area contributed by atoms with Gasteiger partial charge in [0.05, 0.1) is 23.4 Å². The topological polar surface area (TPSA) is 63.4 Å². The maximum atomic E-state index is 11.9. The van der Waals surface area contributed by atoms with Crippen molar-refractivity contribution in [1.82, 2.24) is 4.90 Å². The van der Waals surface area contributed by atoms with Gasteiger partial charge in [0.2, 0.25) is 11.8 Å². The third-order valence-corrected chi connectivity index (χ3v) is 3.41. The quantitative estimate of drug-likeness (QED) is 0.543. The summed E-state index contributed by atoms with van der Waals surface area (Å²) in [6.07, 6.45) is 1.64. The predicted molar refractivity (Wildman–Crippen MR) is 58.9 cm³/mol. The standard InChI is InChI=1S/C10H14N2O2S/c1-5-2-6-7(3-5)10(14)12(9(6)13)4-8(11)15/h5-7H,2-4H2,1H3,(H2,11,15). The first kappa shape index (κ1) is 10.5. The maximum absolute atomic E-state index is 11.9. The van der Waals surface area contributed by atoms with Crippen LogP contribution >= 0.6 is 12.2 Å². The zero-order chi connectivity index (χ0) is 11.2. The molecule has 2 rings (SSSR count). The van der Waals surface area contributed by atoms with E-state index in [4.69, 9.17) is 18.0 Å². The number of hydrogen-bond acceptors (Lipinski definition) is 3. The third kappa shape index (κ3) is 1.65. The highest BCUT2D eigenvalue weighted by Gasteiger charge is 2.51. The highest BCUT2D eigenvalue weighted by Crippen LogP contribution is 2.42. The van der Waals surface area contributed by atoms with Gasteiger partial charge in [0, 0.05) is 0 Å². The number of imide groups is 1. The molecular formula is C10H14N2O2S. The van der Waals surface area contributed by atoms with Gasteiger partial charge in [-0.1, -0.05) is 19.1 Å². The lowest BCUT2D eigenvalue weighted by Crippen LogP contribution is -2.38. The van der Waals surface area contributed by atoms with Crippen LogP contribution in [0.4, 0.5) is 0 Å². The molecule has 2 unspecified atom stereocenters. The Morgan fingerprint density at radius 3 is 2.27 bits per heavy atom. The van der Waals surface area contributed by atoms with Crippen molar-refractivity contribution in [3.8, 4) is 0 Å². The molecule has 0 aromatic carbocycles. The molecule has 4 nitrogen and oxygen atoms in total. The van der Waals surface area contributed by atoms with E-state index in [2.05, 4.69) is 6.92 Å². The monoisotopic (exact) mass is 226 g/mol. The van der Waals surface area contributed by atoms with Crippen LogP contribution in [0.1, 0.15) is 19.8 Å². The van der Waals surface area contributed by atoms with Gasteiger partial charge < -0.3 is 5.73 Å². The average Bonchev–Trinajstić information content (AvgIpc) is 2.61. The highest BCUT2D eigenvalue weighted by molar-refractivity contribution is 7.80. The van der Waals surface area contributed by atoms with Crippen molar-refractivity contribution in [2.24, 2.45) is 23.5 Å². The Bertz CT molecular complexity index is 318. The summed E-state index contributed by atoms with van der Waals surface area (Å²) in [5, 5.41) is 0. The molecule has 2 amide bonds. The summed E-state index contributed by atoms with van der Waals surface area (Å²) in [5.74, 6) is 0.0906. The first-order valence-electron chi connectivity index (χ1n) is 5.14. The van der Waals surface area contributed by atoms with E-state index >= 15 is 0 Å². The Balaban J connectivity index is 2.17. The van der Waals surface area contributed by atoms with Crippen molar-refractivity contribution in [2.45, 2.75) is 19.8 Å². The number of carbonyl (C=O) groups excluding carboxylic acids is 2. The molecule has 82 valence electrons. The van der Waals surface area contributed by atoms with Crippen LogP contribution < -0.4 is 5.73 Å². The summed E-state index contributed by atoms with van der Waals surface area (Å²) < 4.78 is 0. The fraction of sp³-hybridized carbons (Fsp3) is 0.700. The summed E-state index contributed by atoms with van der Waals surface area (Å²) in [6.45, 7) is 2.19. The maximum Gasteiger partial charge on any atom is 0.233 e. The fourth-order valence-corrected chi connectivity index (χ4v) is 2.79. The van der Waals surface area contributed by atoms with E-state index < -0.39 is 0 Å². The van der Waals surface area contributed by atoms with Crippen LogP contribution in [0.15, 0.2) is 0 Å². The molecule has 2 N–H and O–H groups in total. The zero-order valence-electron chi connectivity index (χ0n) is 8.60. The van der Waals surface area contributed by atoms with E-state index in [1.165, 1.54) is 4.90 Å². The second-order valence-electron chi connectivity index (χ2n) is 4.52. The number of amides is 2. The van der Waals surface area contributed by atoms with Crippen LogP contribution in [0, 0.1) is 17.8 Å². The molecule has 1 aliphatic carbocycles.